The second kappa shape index (κ2) is 13.3. The predicted molar refractivity (Wildman–Crippen MR) is 169 cm³/mol. The van der Waals surface area contributed by atoms with Crippen LogP contribution in [-0.4, -0.2) is 138 Å². The molecule has 1 aromatic carbocycles. The zero-order chi connectivity index (χ0) is 33.5. The van der Waals surface area contributed by atoms with Crippen molar-refractivity contribution in [3.63, 3.8) is 0 Å². The molecule has 4 fully saturated rings. The molecule has 5 aliphatic rings. The van der Waals surface area contributed by atoms with Crippen molar-refractivity contribution in [2.45, 2.75) is 70.4 Å². The summed E-state index contributed by atoms with van der Waals surface area (Å²) in [6.45, 7) is 12.5. The number of nitrogens with zero attached hydrogens (tertiary/aromatic N) is 5. The van der Waals surface area contributed by atoms with Gasteiger partial charge in [0.15, 0.2) is 11.6 Å². The summed E-state index contributed by atoms with van der Waals surface area (Å²) in [5.41, 5.74) is 0.451. The Bertz CT molecular complexity index is 1380. The molecule has 13 nitrogen and oxygen atoms in total. The van der Waals surface area contributed by atoms with Crippen LogP contribution in [0.4, 0.5) is 14.9 Å². The molecule has 258 valence electrons. The smallest absolute Gasteiger partial charge is 0.410 e. The fourth-order valence-electron chi connectivity index (χ4n) is 7.26. The Morgan fingerprint density at radius 2 is 1.74 bits per heavy atom. The van der Waals surface area contributed by atoms with E-state index < -0.39 is 35.1 Å². The number of carbonyl (C=O) groups is 4. The summed E-state index contributed by atoms with van der Waals surface area (Å²) < 4.78 is 27.3. The van der Waals surface area contributed by atoms with Crippen molar-refractivity contribution >= 4 is 29.5 Å². The quantitative estimate of drug-likeness (QED) is 0.432. The third-order valence-corrected chi connectivity index (χ3v) is 9.88. The third-order valence-electron chi connectivity index (χ3n) is 9.88. The molecule has 0 aromatic heterocycles. The molecule has 47 heavy (non-hydrogen) atoms. The van der Waals surface area contributed by atoms with Crippen molar-refractivity contribution in [1.29, 1.82) is 0 Å². The zero-order valence-corrected chi connectivity index (χ0v) is 27.6. The lowest BCUT2D eigenvalue weighted by Gasteiger charge is -2.43. The first kappa shape index (κ1) is 33.6. The molecule has 4 amide bonds. The molecular weight excluding hydrogens is 611 g/mol. The van der Waals surface area contributed by atoms with E-state index in [0.717, 1.165) is 26.1 Å². The molecule has 5 aliphatic heterocycles. The Balaban J connectivity index is 0.948. The van der Waals surface area contributed by atoms with Crippen LogP contribution in [0, 0.1) is 11.7 Å². The van der Waals surface area contributed by atoms with Crippen molar-refractivity contribution < 1.29 is 38.1 Å². The van der Waals surface area contributed by atoms with Crippen LogP contribution in [0.25, 0.3) is 0 Å². The highest BCUT2D eigenvalue weighted by Crippen LogP contribution is 2.35. The maximum atomic E-state index is 15.8. The fraction of sp³-hybridized carbons (Fsp3) is 0.697. The van der Waals surface area contributed by atoms with E-state index in [2.05, 4.69) is 15.1 Å². The highest BCUT2D eigenvalue weighted by molar-refractivity contribution is 6.05. The van der Waals surface area contributed by atoms with Gasteiger partial charge < -0.3 is 29.3 Å². The number of aliphatic hydroxyl groups is 1. The minimum Gasteiger partial charge on any atom is -0.444 e. The van der Waals surface area contributed by atoms with Gasteiger partial charge in [-0.1, -0.05) is 0 Å². The lowest BCUT2D eigenvalue weighted by atomic mass is 9.95. The minimum absolute atomic E-state index is 0.00622. The number of hydrogen-bond donors (Lipinski definition) is 2. The number of amides is 4. The highest BCUT2D eigenvalue weighted by Gasteiger charge is 2.42. The van der Waals surface area contributed by atoms with Crippen LogP contribution in [-0.2, 0) is 25.6 Å². The summed E-state index contributed by atoms with van der Waals surface area (Å²) in [5, 5.41) is 13.5. The Morgan fingerprint density at radius 1 is 1.04 bits per heavy atom. The first-order valence-electron chi connectivity index (χ1n) is 16.8. The largest absolute Gasteiger partial charge is 0.444 e. The van der Waals surface area contributed by atoms with E-state index in [1.807, 2.05) is 25.7 Å². The van der Waals surface area contributed by atoms with Gasteiger partial charge in [0, 0.05) is 82.9 Å². The molecule has 5 heterocycles. The number of anilines is 1. The summed E-state index contributed by atoms with van der Waals surface area (Å²) in [5.74, 6) is -2.65. The second-order valence-corrected chi connectivity index (χ2v) is 14.5. The predicted octanol–water partition coefficient (Wildman–Crippen LogP) is 1.38. The first-order chi connectivity index (χ1) is 22.3. The van der Waals surface area contributed by atoms with Crippen molar-refractivity contribution in [3.05, 3.63) is 29.1 Å². The summed E-state index contributed by atoms with van der Waals surface area (Å²) >= 11 is 0. The van der Waals surface area contributed by atoms with Gasteiger partial charge in [0.25, 0.3) is 5.91 Å². The molecule has 0 saturated carbocycles. The van der Waals surface area contributed by atoms with E-state index in [-0.39, 0.29) is 42.5 Å². The Kier molecular flexibility index (Phi) is 9.49. The number of fused-ring (bicyclic) bond motifs is 1. The molecule has 1 aromatic rings. The number of piperazine rings is 2. The topological polar surface area (TPSA) is 135 Å². The zero-order valence-electron chi connectivity index (χ0n) is 27.6. The maximum absolute atomic E-state index is 15.8. The highest BCUT2D eigenvalue weighted by atomic mass is 19.1. The summed E-state index contributed by atoms with van der Waals surface area (Å²) in [6, 6.07) is 2.47. The summed E-state index contributed by atoms with van der Waals surface area (Å²) in [7, 11) is 0. The van der Waals surface area contributed by atoms with Crippen LogP contribution in [0.3, 0.4) is 0 Å². The maximum Gasteiger partial charge on any atom is 0.410 e. The molecule has 2 N–H and O–H groups in total. The van der Waals surface area contributed by atoms with Gasteiger partial charge in [-0.2, -0.15) is 0 Å². The van der Waals surface area contributed by atoms with E-state index in [0.29, 0.717) is 70.4 Å². The lowest BCUT2D eigenvalue weighted by molar-refractivity contribution is -0.245. The molecule has 1 unspecified atom stereocenters. The van der Waals surface area contributed by atoms with Gasteiger partial charge in [0.1, 0.15) is 11.6 Å². The molecule has 4 saturated heterocycles. The standard InChI is InChI=1S/C33H47FN6O7/c1-32(2,3)47-31(44)39-16-10-36(11-17-39)18-22-8-9-33(45,46-20-22)21-37-12-14-38(15-13-37)25-5-4-23-24(28(25)34)19-40(30(23)43)26-6-7-27(41)35-29(26)42/h4-5,22,26,45H,6-21H2,1-3H3,(H,35,41,42)/t22-,26?,33+/m0/s1. The van der Waals surface area contributed by atoms with Gasteiger partial charge in [0.05, 0.1) is 25.4 Å². The first-order valence-corrected chi connectivity index (χ1v) is 16.8. The molecule has 0 bridgehead atoms. The van der Waals surface area contributed by atoms with Crippen LogP contribution in [0.5, 0.6) is 0 Å². The van der Waals surface area contributed by atoms with Crippen molar-refractivity contribution in [1.82, 2.24) is 24.9 Å². The molecular formula is C33H47FN6O7. The average molecular weight is 659 g/mol. The number of β-amino-alcohol motifs (C(OH)–C–C–N with tert-alkyl or cyclic N) is 1. The van der Waals surface area contributed by atoms with E-state index in [4.69, 9.17) is 9.47 Å². The molecule has 0 spiro atoms. The van der Waals surface area contributed by atoms with Crippen molar-refractivity contribution in [2.75, 3.05) is 77.0 Å². The van der Waals surface area contributed by atoms with Gasteiger partial charge in [0.2, 0.25) is 11.8 Å². The molecule has 0 radical (unpaired) electrons. The van der Waals surface area contributed by atoms with E-state index >= 15 is 4.39 Å². The van der Waals surface area contributed by atoms with E-state index in [1.54, 1.807) is 17.0 Å². The van der Waals surface area contributed by atoms with Gasteiger partial charge >= 0.3 is 6.09 Å². The van der Waals surface area contributed by atoms with Gasteiger partial charge in [-0.3, -0.25) is 29.5 Å². The van der Waals surface area contributed by atoms with Crippen molar-refractivity contribution in [2.24, 2.45) is 5.92 Å². The van der Waals surface area contributed by atoms with Gasteiger partial charge in [-0.05, 0) is 51.7 Å². The number of benzene rings is 1. The van der Waals surface area contributed by atoms with E-state index in [1.165, 1.54) is 4.90 Å². The summed E-state index contributed by atoms with van der Waals surface area (Å²) in [6.07, 6.45) is 1.49. The van der Waals surface area contributed by atoms with E-state index in [9.17, 15) is 24.3 Å². The Hall–Kier alpha value is -3.33. The molecule has 14 heteroatoms. The normalized spacial score (nSPS) is 28.0. The molecule has 6 rings (SSSR count). The SMILES string of the molecule is CC(C)(C)OC(=O)N1CCN(C[C@@H]2CC[C@](O)(CN3CCN(c4ccc5c(c4F)CN(C4CCC(=O)NC4=O)C5=O)CC3)OC2)CC1. The summed E-state index contributed by atoms with van der Waals surface area (Å²) in [4.78, 5) is 58.9. The monoisotopic (exact) mass is 658 g/mol. The van der Waals surface area contributed by atoms with Gasteiger partial charge in [-0.15, -0.1) is 0 Å². The van der Waals surface area contributed by atoms with Crippen LogP contribution in [0.2, 0.25) is 0 Å². The number of piperidine rings is 1. The number of halogens is 1. The number of hydrogen-bond acceptors (Lipinski definition) is 10. The molecule has 0 aliphatic carbocycles. The van der Waals surface area contributed by atoms with Crippen molar-refractivity contribution in [3.8, 4) is 0 Å². The van der Waals surface area contributed by atoms with Crippen LogP contribution in [0.1, 0.15) is 62.4 Å². The second-order valence-electron chi connectivity index (χ2n) is 14.5. The number of nitrogens with one attached hydrogen (secondary N) is 1. The lowest BCUT2D eigenvalue weighted by Crippen LogP contribution is -2.55. The van der Waals surface area contributed by atoms with Crippen LogP contribution in [0.15, 0.2) is 12.1 Å². The van der Waals surface area contributed by atoms with Crippen LogP contribution >= 0.6 is 0 Å². The minimum atomic E-state index is -1.23. The number of imide groups is 1. The third kappa shape index (κ3) is 7.55. The Morgan fingerprint density at radius 3 is 2.38 bits per heavy atom. The number of ether oxygens (including phenoxy) is 2. The number of carbonyl (C=O) groups excluding carboxylic acids is 4. The molecule has 3 atom stereocenters. The Labute approximate surface area is 274 Å². The average Bonchev–Trinajstić information content (AvgIpc) is 3.35. The van der Waals surface area contributed by atoms with Gasteiger partial charge in [-0.25, -0.2) is 9.18 Å². The fourth-order valence-corrected chi connectivity index (χ4v) is 7.26. The van der Waals surface area contributed by atoms with Crippen LogP contribution < -0.4 is 10.2 Å². The number of rotatable bonds is 6.